The molecule has 1 heterocycles. The highest BCUT2D eigenvalue weighted by Crippen LogP contribution is 2.03. The lowest BCUT2D eigenvalue weighted by Gasteiger charge is -2.31. The molecule has 0 saturated carbocycles. The maximum atomic E-state index is 9.95. The predicted molar refractivity (Wildman–Crippen MR) is 67.2 cm³/mol. The standard InChI is InChI=1S/C12H26N2O3/c1-12(2,10-16-3)13-8-11(15)9-14-4-6-17-7-5-14/h11,13,15H,4-10H2,1-3H3. The molecule has 0 aliphatic carbocycles. The number of β-amino-alcohol motifs (C(OH)–C–C–N with tert-alkyl or cyclic N) is 1. The topological polar surface area (TPSA) is 54.0 Å². The molecule has 2 N–H and O–H groups in total. The summed E-state index contributed by atoms with van der Waals surface area (Å²) in [7, 11) is 1.69. The number of morpholine rings is 1. The first-order valence-electron chi connectivity index (χ1n) is 6.25. The van der Waals surface area contributed by atoms with Crippen molar-refractivity contribution >= 4 is 0 Å². The van der Waals surface area contributed by atoms with E-state index >= 15 is 0 Å². The largest absolute Gasteiger partial charge is 0.390 e. The summed E-state index contributed by atoms with van der Waals surface area (Å²) in [5.74, 6) is 0. The van der Waals surface area contributed by atoms with Gasteiger partial charge < -0.3 is 19.9 Å². The highest BCUT2D eigenvalue weighted by Gasteiger charge is 2.20. The summed E-state index contributed by atoms with van der Waals surface area (Å²) in [5.41, 5.74) is -0.0965. The number of aliphatic hydroxyl groups excluding tert-OH is 1. The Morgan fingerprint density at radius 1 is 1.41 bits per heavy atom. The van der Waals surface area contributed by atoms with Gasteiger partial charge in [-0.05, 0) is 13.8 Å². The van der Waals surface area contributed by atoms with Gasteiger partial charge in [-0.2, -0.15) is 0 Å². The molecule has 1 saturated heterocycles. The van der Waals surface area contributed by atoms with Gasteiger partial charge in [-0.25, -0.2) is 0 Å². The second-order valence-corrected chi connectivity index (χ2v) is 5.26. The fourth-order valence-corrected chi connectivity index (χ4v) is 1.95. The highest BCUT2D eigenvalue weighted by atomic mass is 16.5. The molecule has 1 rings (SSSR count). The van der Waals surface area contributed by atoms with Gasteiger partial charge in [-0.3, -0.25) is 4.90 Å². The Hall–Kier alpha value is -0.200. The zero-order valence-corrected chi connectivity index (χ0v) is 11.2. The van der Waals surface area contributed by atoms with Crippen molar-refractivity contribution in [3.05, 3.63) is 0 Å². The smallest absolute Gasteiger partial charge is 0.0791 e. The van der Waals surface area contributed by atoms with Gasteiger partial charge in [0.2, 0.25) is 0 Å². The van der Waals surface area contributed by atoms with E-state index in [2.05, 4.69) is 24.1 Å². The molecule has 5 nitrogen and oxygen atoms in total. The van der Waals surface area contributed by atoms with Crippen LogP contribution in [0.25, 0.3) is 0 Å². The molecule has 1 unspecified atom stereocenters. The average molecular weight is 246 g/mol. The quantitative estimate of drug-likeness (QED) is 0.645. The van der Waals surface area contributed by atoms with Gasteiger partial charge in [0.1, 0.15) is 0 Å². The van der Waals surface area contributed by atoms with Gasteiger partial charge in [0.25, 0.3) is 0 Å². The minimum absolute atomic E-state index is 0.0965. The van der Waals surface area contributed by atoms with Crippen LogP contribution in [0.2, 0.25) is 0 Å². The number of aliphatic hydroxyl groups is 1. The first-order chi connectivity index (χ1) is 8.03. The van der Waals surface area contributed by atoms with Crippen molar-refractivity contribution in [2.45, 2.75) is 25.5 Å². The van der Waals surface area contributed by atoms with E-state index in [9.17, 15) is 5.11 Å². The van der Waals surface area contributed by atoms with E-state index in [1.54, 1.807) is 7.11 Å². The molecule has 0 spiro atoms. The van der Waals surface area contributed by atoms with Crippen molar-refractivity contribution in [1.82, 2.24) is 10.2 Å². The van der Waals surface area contributed by atoms with Crippen LogP contribution < -0.4 is 5.32 Å². The highest BCUT2D eigenvalue weighted by molar-refractivity contribution is 4.79. The zero-order valence-electron chi connectivity index (χ0n) is 11.2. The Balaban J connectivity index is 2.17. The lowest BCUT2D eigenvalue weighted by atomic mass is 10.1. The summed E-state index contributed by atoms with van der Waals surface area (Å²) >= 11 is 0. The Kier molecular flexibility index (Phi) is 6.37. The van der Waals surface area contributed by atoms with Crippen LogP contribution in [0.5, 0.6) is 0 Å². The van der Waals surface area contributed by atoms with E-state index in [4.69, 9.17) is 9.47 Å². The minimum Gasteiger partial charge on any atom is -0.390 e. The lowest BCUT2D eigenvalue weighted by molar-refractivity contribution is 0.0125. The van der Waals surface area contributed by atoms with Crippen LogP contribution in [-0.2, 0) is 9.47 Å². The monoisotopic (exact) mass is 246 g/mol. The number of hydrogen-bond donors (Lipinski definition) is 2. The van der Waals surface area contributed by atoms with Crippen molar-refractivity contribution in [2.24, 2.45) is 0 Å². The molecule has 1 atom stereocenters. The molecule has 1 aliphatic heterocycles. The molecule has 0 amide bonds. The van der Waals surface area contributed by atoms with E-state index in [1.807, 2.05) is 0 Å². The molecule has 1 fully saturated rings. The van der Waals surface area contributed by atoms with E-state index in [1.165, 1.54) is 0 Å². The number of ether oxygens (including phenoxy) is 2. The van der Waals surface area contributed by atoms with Crippen LogP contribution in [-0.4, -0.2) is 74.8 Å². The fourth-order valence-electron chi connectivity index (χ4n) is 1.95. The van der Waals surface area contributed by atoms with Crippen molar-refractivity contribution in [2.75, 3.05) is 53.1 Å². The lowest BCUT2D eigenvalue weighted by Crippen LogP contribution is -2.49. The number of nitrogens with zero attached hydrogens (tertiary/aromatic N) is 1. The van der Waals surface area contributed by atoms with Crippen molar-refractivity contribution < 1.29 is 14.6 Å². The molecule has 1 aliphatic rings. The van der Waals surface area contributed by atoms with Gasteiger partial charge in [0.05, 0.1) is 25.9 Å². The van der Waals surface area contributed by atoms with Gasteiger partial charge >= 0.3 is 0 Å². The number of rotatable bonds is 7. The molecular weight excluding hydrogens is 220 g/mol. The summed E-state index contributed by atoms with van der Waals surface area (Å²) in [4.78, 5) is 2.24. The molecule has 0 aromatic carbocycles. The second kappa shape index (κ2) is 7.28. The maximum Gasteiger partial charge on any atom is 0.0791 e. The summed E-state index contributed by atoms with van der Waals surface area (Å²) in [6.07, 6.45) is -0.343. The molecule has 0 aromatic heterocycles. The third-order valence-electron chi connectivity index (χ3n) is 2.89. The number of hydrogen-bond acceptors (Lipinski definition) is 5. The number of nitrogens with one attached hydrogen (secondary N) is 1. The molecule has 17 heavy (non-hydrogen) atoms. The van der Waals surface area contributed by atoms with E-state index in [0.717, 1.165) is 26.3 Å². The molecule has 5 heteroatoms. The van der Waals surface area contributed by atoms with Crippen LogP contribution in [0.4, 0.5) is 0 Å². The summed E-state index contributed by atoms with van der Waals surface area (Å²) in [6.45, 7) is 9.45. The van der Waals surface area contributed by atoms with Crippen molar-refractivity contribution in [3.63, 3.8) is 0 Å². The Morgan fingerprint density at radius 2 is 2.06 bits per heavy atom. The molecule has 0 bridgehead atoms. The van der Waals surface area contributed by atoms with Crippen LogP contribution in [0, 0.1) is 0 Å². The number of methoxy groups -OCH3 is 1. The minimum atomic E-state index is -0.343. The van der Waals surface area contributed by atoms with Gasteiger partial charge in [-0.15, -0.1) is 0 Å². The molecule has 0 aromatic rings. The SMILES string of the molecule is COCC(C)(C)NCC(O)CN1CCOCC1. The third-order valence-corrected chi connectivity index (χ3v) is 2.89. The predicted octanol–water partition coefficient (Wildman–Crippen LogP) is -0.306. The van der Waals surface area contributed by atoms with E-state index in [-0.39, 0.29) is 11.6 Å². The normalized spacial score (nSPS) is 20.5. The van der Waals surface area contributed by atoms with E-state index in [0.29, 0.717) is 19.7 Å². The third kappa shape index (κ3) is 6.33. The van der Waals surface area contributed by atoms with Crippen LogP contribution in [0.3, 0.4) is 0 Å². The van der Waals surface area contributed by atoms with Crippen LogP contribution >= 0.6 is 0 Å². The van der Waals surface area contributed by atoms with Crippen molar-refractivity contribution in [3.8, 4) is 0 Å². The molecular formula is C12H26N2O3. The summed E-state index contributed by atoms with van der Waals surface area (Å²) < 4.78 is 10.4. The average Bonchev–Trinajstić information content (AvgIpc) is 2.28. The summed E-state index contributed by atoms with van der Waals surface area (Å²) in [5, 5.41) is 13.3. The fraction of sp³-hybridized carbons (Fsp3) is 1.00. The molecule has 0 radical (unpaired) electrons. The Morgan fingerprint density at radius 3 is 2.65 bits per heavy atom. The Bertz CT molecular complexity index is 206. The van der Waals surface area contributed by atoms with E-state index < -0.39 is 0 Å². The second-order valence-electron chi connectivity index (χ2n) is 5.26. The maximum absolute atomic E-state index is 9.95. The zero-order chi connectivity index (χ0) is 12.7. The molecule has 102 valence electrons. The Labute approximate surface area is 104 Å². The van der Waals surface area contributed by atoms with Crippen LogP contribution in [0.15, 0.2) is 0 Å². The van der Waals surface area contributed by atoms with Gasteiger partial charge in [0.15, 0.2) is 0 Å². The first kappa shape index (κ1) is 14.9. The van der Waals surface area contributed by atoms with Crippen molar-refractivity contribution in [1.29, 1.82) is 0 Å². The van der Waals surface area contributed by atoms with Crippen LogP contribution in [0.1, 0.15) is 13.8 Å². The van der Waals surface area contributed by atoms with Gasteiger partial charge in [-0.1, -0.05) is 0 Å². The van der Waals surface area contributed by atoms with Gasteiger partial charge in [0, 0.05) is 38.8 Å². The summed E-state index contributed by atoms with van der Waals surface area (Å²) in [6, 6.07) is 0. The first-order valence-corrected chi connectivity index (χ1v) is 6.25.